The number of benzene rings is 2. The molecule has 3 N–H and O–H groups in total. The van der Waals surface area contributed by atoms with Crippen molar-refractivity contribution in [2.24, 2.45) is 15.9 Å². The number of aromatic amines is 1. The van der Waals surface area contributed by atoms with Gasteiger partial charge in [-0.3, -0.25) is 5.10 Å². The van der Waals surface area contributed by atoms with Crippen molar-refractivity contribution in [2.45, 2.75) is 5.75 Å². The molecule has 0 atom stereocenters. The minimum atomic E-state index is 0.445. The van der Waals surface area contributed by atoms with Crippen molar-refractivity contribution >= 4 is 56.6 Å². The van der Waals surface area contributed by atoms with E-state index in [1.165, 1.54) is 17.3 Å². The van der Waals surface area contributed by atoms with Gasteiger partial charge in [0.25, 0.3) is 0 Å². The molecule has 0 radical (unpaired) electrons. The van der Waals surface area contributed by atoms with Crippen LogP contribution in [0.15, 0.2) is 58.7 Å². The molecule has 0 saturated heterocycles. The fourth-order valence-corrected chi connectivity index (χ4v) is 3.18. The summed E-state index contributed by atoms with van der Waals surface area (Å²) in [6.07, 6.45) is 1.68. The number of thioether (sulfide) groups is 1. The summed E-state index contributed by atoms with van der Waals surface area (Å²) >= 11 is 3.69. The van der Waals surface area contributed by atoms with Crippen LogP contribution in [-0.2, 0) is 5.75 Å². The van der Waals surface area contributed by atoms with Gasteiger partial charge in [-0.05, 0) is 45.9 Å². The summed E-state index contributed by atoms with van der Waals surface area (Å²) in [6, 6.07) is 16.1. The summed E-state index contributed by atoms with van der Waals surface area (Å²) in [5.74, 6) is 0.781. The highest BCUT2D eigenvalue weighted by atomic mass is 127. The van der Waals surface area contributed by atoms with Gasteiger partial charge in [0.15, 0.2) is 5.17 Å². The molecule has 2 aromatic carbocycles. The minimum absolute atomic E-state index is 0.445. The Kier molecular flexibility index (Phi) is 5.29. The van der Waals surface area contributed by atoms with Gasteiger partial charge in [-0.15, -0.1) is 5.10 Å². The lowest BCUT2D eigenvalue weighted by Gasteiger charge is -1.99. The zero-order chi connectivity index (χ0) is 16.1. The fraction of sp³-hybridized carbons (Fsp3) is 0.0625. The molecular weight excluding hydrogens is 421 g/mol. The number of fused-ring (bicyclic) bond motifs is 1. The van der Waals surface area contributed by atoms with Crippen molar-refractivity contribution in [1.29, 1.82) is 0 Å². The highest BCUT2D eigenvalue weighted by molar-refractivity contribution is 14.1. The van der Waals surface area contributed by atoms with Crippen LogP contribution in [0.3, 0.4) is 0 Å². The first-order valence-corrected chi connectivity index (χ1v) is 8.95. The number of aromatic nitrogens is 2. The number of hydrogen-bond donors (Lipinski definition) is 2. The Bertz CT molecular complexity index is 857. The second-order valence-electron chi connectivity index (χ2n) is 4.77. The number of H-pyrrole nitrogens is 1. The average molecular weight is 435 g/mol. The van der Waals surface area contributed by atoms with Crippen molar-refractivity contribution in [3.8, 4) is 0 Å². The first kappa shape index (κ1) is 16.0. The van der Waals surface area contributed by atoms with Crippen LogP contribution in [-0.4, -0.2) is 21.6 Å². The third-order valence-corrected chi connectivity index (χ3v) is 4.80. The number of nitrogens with one attached hydrogen (secondary N) is 1. The van der Waals surface area contributed by atoms with Crippen molar-refractivity contribution in [2.75, 3.05) is 0 Å². The van der Waals surface area contributed by atoms with E-state index in [2.05, 4.69) is 55.1 Å². The van der Waals surface area contributed by atoms with E-state index in [9.17, 15) is 0 Å². The van der Waals surface area contributed by atoms with Crippen molar-refractivity contribution in [3.05, 3.63) is 63.4 Å². The quantitative estimate of drug-likeness (QED) is 0.284. The molecule has 116 valence electrons. The van der Waals surface area contributed by atoms with Gasteiger partial charge >= 0.3 is 0 Å². The maximum atomic E-state index is 5.86. The van der Waals surface area contributed by atoms with Gasteiger partial charge in [0, 0.05) is 11.1 Å². The molecule has 0 spiro atoms. The van der Waals surface area contributed by atoms with Crippen molar-refractivity contribution in [1.82, 2.24) is 10.2 Å². The van der Waals surface area contributed by atoms with Crippen LogP contribution in [0.2, 0.25) is 0 Å². The summed E-state index contributed by atoms with van der Waals surface area (Å²) in [5, 5.41) is 16.8. The Labute approximate surface area is 151 Å². The summed E-state index contributed by atoms with van der Waals surface area (Å²) in [5.41, 5.74) is 8.91. The molecule has 1 heterocycles. The number of nitrogens with zero attached hydrogens (tertiary/aromatic N) is 3. The van der Waals surface area contributed by atoms with Crippen molar-refractivity contribution < 1.29 is 0 Å². The van der Waals surface area contributed by atoms with E-state index in [1.807, 2.05) is 36.4 Å². The lowest BCUT2D eigenvalue weighted by molar-refractivity contribution is 1.09. The first-order valence-electron chi connectivity index (χ1n) is 6.89. The van der Waals surface area contributed by atoms with Gasteiger partial charge < -0.3 is 5.73 Å². The molecule has 5 nitrogen and oxygen atoms in total. The second kappa shape index (κ2) is 7.60. The monoisotopic (exact) mass is 435 g/mol. The summed E-state index contributed by atoms with van der Waals surface area (Å²) in [7, 11) is 0. The molecule has 0 bridgehead atoms. The van der Waals surface area contributed by atoms with Gasteiger partial charge in [0.05, 0.1) is 11.7 Å². The summed E-state index contributed by atoms with van der Waals surface area (Å²) in [6.45, 7) is 0. The Morgan fingerprint density at radius 2 is 2.09 bits per heavy atom. The largest absolute Gasteiger partial charge is 0.377 e. The van der Waals surface area contributed by atoms with E-state index < -0.39 is 0 Å². The molecule has 0 unspecified atom stereocenters. The van der Waals surface area contributed by atoms with Crippen LogP contribution < -0.4 is 5.73 Å². The lowest BCUT2D eigenvalue weighted by atomic mass is 10.2. The number of rotatable bonds is 4. The average Bonchev–Trinajstić information content (AvgIpc) is 2.95. The molecule has 0 aliphatic carbocycles. The zero-order valence-electron chi connectivity index (χ0n) is 12.1. The Balaban J connectivity index is 1.61. The molecule has 0 saturated carbocycles. The van der Waals surface area contributed by atoms with Gasteiger partial charge in [-0.2, -0.15) is 10.2 Å². The standard InChI is InChI=1S/C16H14IN5S/c17-15-13-7-6-12(8-14(13)20-21-15)9-19-22-16(18)23-10-11-4-2-1-3-5-11/h1-9H,10H2,(H2,18,22)(H,20,21). The van der Waals surface area contributed by atoms with E-state index in [4.69, 9.17) is 5.73 Å². The molecule has 7 heteroatoms. The predicted molar refractivity (Wildman–Crippen MR) is 106 cm³/mol. The fourth-order valence-electron chi connectivity index (χ4n) is 1.99. The van der Waals surface area contributed by atoms with Crippen LogP contribution >= 0.6 is 34.4 Å². The van der Waals surface area contributed by atoms with E-state index in [0.29, 0.717) is 5.17 Å². The van der Waals surface area contributed by atoms with Crippen LogP contribution in [0.4, 0.5) is 0 Å². The number of nitrogens with two attached hydrogens (primary N) is 1. The highest BCUT2D eigenvalue weighted by Crippen LogP contribution is 2.18. The summed E-state index contributed by atoms with van der Waals surface area (Å²) in [4.78, 5) is 0. The van der Waals surface area contributed by atoms with E-state index in [1.54, 1.807) is 6.21 Å². The summed E-state index contributed by atoms with van der Waals surface area (Å²) < 4.78 is 1.03. The molecule has 3 rings (SSSR count). The molecule has 0 amide bonds. The van der Waals surface area contributed by atoms with Crippen LogP contribution in [0.25, 0.3) is 10.9 Å². The highest BCUT2D eigenvalue weighted by Gasteiger charge is 2.02. The third-order valence-electron chi connectivity index (χ3n) is 3.13. The predicted octanol–water partition coefficient (Wildman–Crippen LogP) is 3.75. The van der Waals surface area contributed by atoms with E-state index in [0.717, 1.165) is 25.9 Å². The molecule has 1 aromatic heterocycles. The molecule has 0 fully saturated rings. The lowest BCUT2D eigenvalue weighted by Crippen LogP contribution is -2.05. The normalized spacial score (nSPS) is 12.3. The van der Waals surface area contributed by atoms with Gasteiger partial charge in [0.1, 0.15) is 3.70 Å². The van der Waals surface area contributed by atoms with Gasteiger partial charge in [0.2, 0.25) is 0 Å². The Hall–Kier alpha value is -1.87. The first-order chi connectivity index (χ1) is 11.2. The Morgan fingerprint density at radius 1 is 1.26 bits per heavy atom. The number of halogens is 1. The molecule has 23 heavy (non-hydrogen) atoms. The SMILES string of the molecule is NC(=NN=Cc1ccc2c(I)[nH]nc2c1)SCc1ccccc1. The van der Waals surface area contributed by atoms with Crippen LogP contribution in [0, 0.1) is 3.70 Å². The Morgan fingerprint density at radius 3 is 2.91 bits per heavy atom. The third kappa shape index (κ3) is 4.32. The smallest absolute Gasteiger partial charge is 0.180 e. The van der Waals surface area contributed by atoms with E-state index >= 15 is 0 Å². The van der Waals surface area contributed by atoms with E-state index in [-0.39, 0.29) is 0 Å². The van der Waals surface area contributed by atoms with Gasteiger partial charge in [-0.25, -0.2) is 0 Å². The minimum Gasteiger partial charge on any atom is -0.377 e. The van der Waals surface area contributed by atoms with Crippen molar-refractivity contribution in [3.63, 3.8) is 0 Å². The van der Waals surface area contributed by atoms with Gasteiger partial charge in [-0.1, -0.05) is 48.2 Å². The maximum Gasteiger partial charge on any atom is 0.180 e. The number of hydrogen-bond acceptors (Lipinski definition) is 4. The zero-order valence-corrected chi connectivity index (χ0v) is 15.1. The second-order valence-corrected chi connectivity index (χ2v) is 6.85. The van der Waals surface area contributed by atoms with Crippen LogP contribution in [0.5, 0.6) is 0 Å². The topological polar surface area (TPSA) is 79.4 Å². The molecule has 3 aromatic rings. The van der Waals surface area contributed by atoms with Crippen LogP contribution in [0.1, 0.15) is 11.1 Å². The molecule has 0 aliphatic rings. The maximum absolute atomic E-state index is 5.86. The number of amidine groups is 1. The molecular formula is C16H14IN5S. The molecule has 0 aliphatic heterocycles.